The molecular formula is C22H37N3O5S. The van der Waals surface area contributed by atoms with Crippen LogP contribution in [-0.4, -0.2) is 79.0 Å². The molecule has 0 spiro atoms. The van der Waals surface area contributed by atoms with Crippen LogP contribution in [0.15, 0.2) is 0 Å². The van der Waals surface area contributed by atoms with Crippen LogP contribution < -0.4 is 5.73 Å². The van der Waals surface area contributed by atoms with Crippen LogP contribution in [0.5, 0.6) is 0 Å². The van der Waals surface area contributed by atoms with E-state index in [1.807, 2.05) is 11.8 Å². The molecule has 2 saturated carbocycles. The Balaban J connectivity index is 1.50. The van der Waals surface area contributed by atoms with Gasteiger partial charge in [-0.2, -0.15) is 0 Å². The number of hydrogen-bond acceptors (Lipinski definition) is 5. The highest BCUT2D eigenvalue weighted by atomic mass is 32.2. The molecule has 0 aromatic rings. The third kappa shape index (κ3) is 4.58. The summed E-state index contributed by atoms with van der Waals surface area (Å²) in [6.07, 6.45) is 8.66. The zero-order valence-corrected chi connectivity index (χ0v) is 19.6. The van der Waals surface area contributed by atoms with Gasteiger partial charge in [0.2, 0.25) is 0 Å². The van der Waals surface area contributed by atoms with Crippen molar-refractivity contribution in [3.63, 3.8) is 0 Å². The molecule has 2 saturated heterocycles. The molecule has 2 aliphatic carbocycles. The molecule has 0 aromatic heterocycles. The second-order valence-electron chi connectivity index (χ2n) is 10.2. The van der Waals surface area contributed by atoms with Gasteiger partial charge >= 0.3 is 6.03 Å². The van der Waals surface area contributed by atoms with Crippen LogP contribution in [0.25, 0.3) is 0 Å². The smallest absolute Gasteiger partial charge is 0.315 e. The number of carbonyl (C=O) groups is 2. The molecule has 2 N–H and O–H groups in total. The van der Waals surface area contributed by atoms with Gasteiger partial charge < -0.3 is 20.3 Å². The van der Waals surface area contributed by atoms with E-state index in [2.05, 4.69) is 0 Å². The van der Waals surface area contributed by atoms with Gasteiger partial charge in [-0.15, -0.1) is 0 Å². The first kappa shape index (κ1) is 22.8. The maximum absolute atomic E-state index is 13.3. The number of amides is 3. The van der Waals surface area contributed by atoms with Gasteiger partial charge in [0.05, 0.1) is 17.3 Å². The standard InChI is InChI=1S/C22H37N3O5S/c1-14-13-24(21(26)20-4-3-11-30-20)19-12-16(7-10-18(19)25(14)22(23)27)15-5-8-17(9-6-15)31(2,28)29/h14-20H,3-13H2,1-2H3,(H2,23,27)/t14-,15?,16?,17?,18?,19?,20?/m0/s1. The maximum Gasteiger partial charge on any atom is 0.315 e. The Morgan fingerprint density at radius 2 is 1.65 bits per heavy atom. The molecule has 0 aromatic carbocycles. The summed E-state index contributed by atoms with van der Waals surface area (Å²) in [6.45, 7) is 3.10. The number of rotatable bonds is 3. The second kappa shape index (κ2) is 8.89. The average Bonchev–Trinajstić information content (AvgIpc) is 3.26. The van der Waals surface area contributed by atoms with E-state index in [-0.39, 0.29) is 35.4 Å². The molecule has 8 nitrogen and oxygen atoms in total. The van der Waals surface area contributed by atoms with E-state index in [9.17, 15) is 18.0 Å². The molecular weight excluding hydrogens is 418 g/mol. The lowest BCUT2D eigenvalue weighted by Crippen LogP contribution is -2.69. The highest BCUT2D eigenvalue weighted by Crippen LogP contribution is 2.43. The summed E-state index contributed by atoms with van der Waals surface area (Å²) in [4.78, 5) is 29.3. The second-order valence-corrected chi connectivity index (χ2v) is 12.5. The molecule has 4 unspecified atom stereocenters. The molecule has 4 fully saturated rings. The van der Waals surface area contributed by atoms with Crippen molar-refractivity contribution in [2.75, 3.05) is 19.4 Å². The maximum atomic E-state index is 13.3. The van der Waals surface area contributed by atoms with Gasteiger partial charge in [0.25, 0.3) is 5.91 Å². The molecule has 4 rings (SSSR count). The van der Waals surface area contributed by atoms with E-state index in [0.717, 1.165) is 57.8 Å². The van der Waals surface area contributed by atoms with Crippen molar-refractivity contribution in [1.29, 1.82) is 0 Å². The minimum absolute atomic E-state index is 0.0354. The van der Waals surface area contributed by atoms with Gasteiger partial charge in [0, 0.05) is 25.4 Å². The number of fused-ring (bicyclic) bond motifs is 1. The summed E-state index contributed by atoms with van der Waals surface area (Å²) >= 11 is 0. The highest BCUT2D eigenvalue weighted by molar-refractivity contribution is 7.91. The normalized spacial score (nSPS) is 39.2. The number of primary amides is 1. The fourth-order valence-electron chi connectivity index (χ4n) is 6.66. The SMILES string of the molecule is C[C@H]1CN(C(=O)C2CCCO2)C2CC(C3CCC(S(C)(=O)=O)CC3)CCC2N1C(N)=O. The van der Waals surface area contributed by atoms with E-state index in [1.54, 1.807) is 4.90 Å². The van der Waals surface area contributed by atoms with Crippen molar-refractivity contribution in [2.24, 2.45) is 17.6 Å². The van der Waals surface area contributed by atoms with Crippen LogP contribution in [0.1, 0.15) is 64.7 Å². The van der Waals surface area contributed by atoms with Gasteiger partial charge in [0.1, 0.15) is 15.9 Å². The molecule has 2 heterocycles. The largest absolute Gasteiger partial charge is 0.368 e. The third-order valence-corrected chi connectivity index (χ3v) is 9.93. The van der Waals surface area contributed by atoms with Crippen LogP contribution in [0.4, 0.5) is 4.79 Å². The molecule has 31 heavy (non-hydrogen) atoms. The zero-order chi connectivity index (χ0) is 22.3. The quantitative estimate of drug-likeness (QED) is 0.699. The zero-order valence-electron chi connectivity index (χ0n) is 18.7. The molecule has 5 atom stereocenters. The fourth-order valence-corrected chi connectivity index (χ4v) is 7.79. The van der Waals surface area contributed by atoms with Gasteiger partial charge in [-0.1, -0.05) is 0 Å². The number of carbonyl (C=O) groups excluding carboxylic acids is 2. The Morgan fingerprint density at radius 1 is 0.968 bits per heavy atom. The third-order valence-electron chi connectivity index (χ3n) is 8.25. The summed E-state index contributed by atoms with van der Waals surface area (Å²) in [5.41, 5.74) is 5.74. The van der Waals surface area contributed by atoms with E-state index in [4.69, 9.17) is 10.5 Å². The summed E-state index contributed by atoms with van der Waals surface area (Å²) < 4.78 is 29.5. The molecule has 0 bridgehead atoms. The average molecular weight is 456 g/mol. The molecule has 0 radical (unpaired) electrons. The number of nitrogens with two attached hydrogens (primary N) is 1. The lowest BCUT2D eigenvalue weighted by molar-refractivity contribution is -0.151. The number of ether oxygens (including phenoxy) is 1. The van der Waals surface area contributed by atoms with Crippen molar-refractivity contribution in [1.82, 2.24) is 9.80 Å². The van der Waals surface area contributed by atoms with E-state index in [0.29, 0.717) is 25.0 Å². The van der Waals surface area contributed by atoms with Crippen LogP contribution >= 0.6 is 0 Å². The molecule has 176 valence electrons. The van der Waals surface area contributed by atoms with E-state index < -0.39 is 15.9 Å². The molecule has 4 aliphatic rings. The molecule has 3 amide bonds. The van der Waals surface area contributed by atoms with Crippen molar-refractivity contribution >= 4 is 21.8 Å². The predicted octanol–water partition coefficient (Wildman–Crippen LogP) is 1.92. The van der Waals surface area contributed by atoms with Crippen molar-refractivity contribution in [2.45, 2.75) is 94.2 Å². The Bertz CT molecular complexity index is 789. The number of piperazine rings is 1. The minimum Gasteiger partial charge on any atom is -0.368 e. The highest BCUT2D eigenvalue weighted by Gasteiger charge is 2.49. The number of sulfone groups is 1. The van der Waals surface area contributed by atoms with Crippen LogP contribution in [0, 0.1) is 11.8 Å². The summed E-state index contributed by atoms with van der Waals surface area (Å²) in [7, 11) is -2.98. The van der Waals surface area contributed by atoms with Gasteiger partial charge in [-0.05, 0) is 76.5 Å². The first-order valence-corrected chi connectivity index (χ1v) is 13.8. The fraction of sp³-hybridized carbons (Fsp3) is 0.909. The molecule has 2 aliphatic heterocycles. The minimum atomic E-state index is -2.98. The molecule has 9 heteroatoms. The Kier molecular flexibility index (Phi) is 6.54. The van der Waals surface area contributed by atoms with Crippen LogP contribution in [0.3, 0.4) is 0 Å². The Labute approximate surface area is 185 Å². The topological polar surface area (TPSA) is 110 Å². The number of nitrogens with zero attached hydrogens (tertiary/aromatic N) is 2. The van der Waals surface area contributed by atoms with Gasteiger partial charge in [-0.25, -0.2) is 13.2 Å². The summed E-state index contributed by atoms with van der Waals surface area (Å²) in [5.74, 6) is 0.995. The Morgan fingerprint density at radius 3 is 2.23 bits per heavy atom. The monoisotopic (exact) mass is 455 g/mol. The summed E-state index contributed by atoms with van der Waals surface area (Å²) in [5, 5.41) is -0.210. The Hall–Kier alpha value is -1.35. The van der Waals surface area contributed by atoms with E-state index in [1.165, 1.54) is 6.26 Å². The van der Waals surface area contributed by atoms with E-state index >= 15 is 0 Å². The lowest BCUT2D eigenvalue weighted by atomic mass is 9.69. The number of hydrogen-bond donors (Lipinski definition) is 1. The van der Waals surface area contributed by atoms with Gasteiger partial charge in [-0.3, -0.25) is 4.79 Å². The number of urea groups is 1. The van der Waals surface area contributed by atoms with Crippen molar-refractivity contribution in [3.8, 4) is 0 Å². The lowest BCUT2D eigenvalue weighted by Gasteiger charge is -2.55. The van der Waals surface area contributed by atoms with Crippen molar-refractivity contribution < 1.29 is 22.7 Å². The first-order valence-electron chi connectivity index (χ1n) is 11.9. The van der Waals surface area contributed by atoms with Crippen molar-refractivity contribution in [3.05, 3.63) is 0 Å². The van der Waals surface area contributed by atoms with Crippen LogP contribution in [0.2, 0.25) is 0 Å². The predicted molar refractivity (Wildman–Crippen MR) is 117 cm³/mol. The van der Waals surface area contributed by atoms with Gasteiger partial charge in [0.15, 0.2) is 0 Å². The van der Waals surface area contributed by atoms with Crippen LogP contribution in [-0.2, 0) is 19.4 Å². The first-order chi connectivity index (χ1) is 14.7. The summed E-state index contributed by atoms with van der Waals surface area (Å²) in [6, 6.07) is -0.591.